The molecule has 0 fully saturated rings. The minimum absolute atomic E-state index is 0. The molecule has 14 heteroatoms. The van der Waals surface area contributed by atoms with E-state index in [9.17, 15) is 27.3 Å². The van der Waals surface area contributed by atoms with Gasteiger partial charge in [-0.05, 0) is 36.6 Å². The maximum absolute atomic E-state index is 13.9. The number of carbonyl (C=O) groups excluding carboxylic acids is 1. The number of carboxylic acids is 1. The van der Waals surface area contributed by atoms with Gasteiger partial charge in [0.05, 0.1) is 15.8 Å². The SMILES string of the molecule is CCC(=C/c1sc2cc(Cl)sc2[n+]1CC(=O)[O-])/C=C1/Oc2ccc(F)cc2N1CCCS(=O)(=O)[O-].[K+]. The Bertz CT molecular complexity index is 1470. The van der Waals surface area contributed by atoms with Crippen LogP contribution in [0.4, 0.5) is 10.1 Å². The summed E-state index contributed by atoms with van der Waals surface area (Å²) < 4.78 is 56.0. The minimum Gasteiger partial charge on any atom is -0.748 e. The molecular weight excluding hydrogens is 578 g/mol. The standard InChI is InChI=1S/C22H20ClFN2O6S3.K/c1-2-13(9-20-26(12-21(27)28)22-17(33-20)11-18(23)34-22)8-19-25(6-3-7-35(29,30)31)15-10-14(24)4-5-16(15)32-19;/h4-5,8-11H,2-3,6-7,12H2,1H3,(H-,27,28,29,30,31);/q;+1/p-1. The Morgan fingerprint density at radius 2 is 2.06 bits per heavy atom. The largest absolute Gasteiger partial charge is 1.00 e. The third-order valence-corrected chi connectivity index (χ3v) is 8.44. The van der Waals surface area contributed by atoms with E-state index in [-0.39, 0.29) is 70.9 Å². The second-order valence-electron chi connectivity index (χ2n) is 7.65. The molecule has 1 aliphatic heterocycles. The summed E-state index contributed by atoms with van der Waals surface area (Å²) >= 11 is 8.75. The van der Waals surface area contributed by atoms with Crippen molar-refractivity contribution in [2.75, 3.05) is 17.2 Å². The maximum atomic E-state index is 13.9. The van der Waals surface area contributed by atoms with Crippen molar-refractivity contribution in [2.24, 2.45) is 0 Å². The molecule has 1 aromatic carbocycles. The van der Waals surface area contributed by atoms with Crippen LogP contribution in [0.25, 0.3) is 15.6 Å². The van der Waals surface area contributed by atoms with Crippen LogP contribution in [-0.2, 0) is 21.5 Å². The maximum Gasteiger partial charge on any atom is 1.00 e. The van der Waals surface area contributed by atoms with Crippen molar-refractivity contribution in [1.29, 1.82) is 0 Å². The van der Waals surface area contributed by atoms with E-state index in [0.717, 1.165) is 15.1 Å². The fourth-order valence-electron chi connectivity index (χ4n) is 3.63. The number of thiophene rings is 1. The first-order valence-electron chi connectivity index (χ1n) is 10.5. The predicted molar refractivity (Wildman–Crippen MR) is 130 cm³/mol. The van der Waals surface area contributed by atoms with Gasteiger partial charge in [0, 0.05) is 30.5 Å². The first-order chi connectivity index (χ1) is 16.5. The second-order valence-corrected chi connectivity index (χ2v) is 11.9. The number of nitrogens with zero attached hydrogens (tertiary/aromatic N) is 2. The molecule has 3 heterocycles. The average molecular weight is 597 g/mol. The number of rotatable bonds is 9. The molecule has 8 nitrogen and oxygen atoms in total. The average Bonchev–Trinajstić information content (AvgIpc) is 3.38. The van der Waals surface area contributed by atoms with Crippen LogP contribution >= 0.6 is 34.3 Å². The smallest absolute Gasteiger partial charge is 0.748 e. The van der Waals surface area contributed by atoms with Gasteiger partial charge in [0.15, 0.2) is 12.3 Å². The molecule has 0 bridgehead atoms. The van der Waals surface area contributed by atoms with Crippen LogP contribution in [0, 0.1) is 5.82 Å². The first-order valence-corrected chi connectivity index (χ1v) is 14.0. The van der Waals surface area contributed by atoms with Gasteiger partial charge in [0.25, 0.3) is 9.84 Å². The van der Waals surface area contributed by atoms with E-state index in [4.69, 9.17) is 16.3 Å². The zero-order chi connectivity index (χ0) is 25.3. The Balaban J connectivity index is 0.00000361. The van der Waals surface area contributed by atoms with Gasteiger partial charge in [-0.3, -0.25) is 0 Å². The van der Waals surface area contributed by atoms with E-state index in [1.54, 1.807) is 21.6 Å². The zero-order valence-corrected chi connectivity index (χ0v) is 25.7. The number of hydrogen-bond donors (Lipinski definition) is 0. The van der Waals surface area contributed by atoms with E-state index >= 15 is 0 Å². The molecule has 0 radical (unpaired) electrons. The molecule has 1 aliphatic rings. The number of benzene rings is 1. The van der Waals surface area contributed by atoms with Crippen LogP contribution in [-0.4, -0.2) is 31.2 Å². The van der Waals surface area contributed by atoms with Crippen molar-refractivity contribution >= 4 is 71.7 Å². The number of allylic oxidation sites excluding steroid dienone is 2. The van der Waals surface area contributed by atoms with Gasteiger partial charge >= 0.3 is 51.4 Å². The number of aliphatic carboxylic acids is 1. The molecular formula is C22H19ClFKN2O6S3. The van der Waals surface area contributed by atoms with Gasteiger partial charge in [-0.25, -0.2) is 12.8 Å². The molecule has 0 saturated carbocycles. The van der Waals surface area contributed by atoms with Crippen molar-refractivity contribution in [3.8, 4) is 5.75 Å². The Morgan fingerprint density at radius 3 is 2.72 bits per heavy atom. The van der Waals surface area contributed by atoms with E-state index in [2.05, 4.69) is 0 Å². The molecule has 0 N–H and O–H groups in total. The number of carboxylic acid groups (broad SMARTS) is 1. The molecule has 0 unspecified atom stereocenters. The van der Waals surface area contributed by atoms with E-state index in [0.29, 0.717) is 33.1 Å². The normalized spacial score (nSPS) is 14.7. The number of anilines is 1. The van der Waals surface area contributed by atoms with Crippen molar-refractivity contribution in [1.82, 2.24) is 0 Å². The summed E-state index contributed by atoms with van der Waals surface area (Å²) in [7, 11) is -4.40. The second kappa shape index (κ2) is 12.3. The van der Waals surface area contributed by atoms with Crippen LogP contribution in [0.5, 0.6) is 5.75 Å². The number of thiazole rings is 1. The fourth-order valence-corrected chi connectivity index (χ4v) is 6.75. The van der Waals surface area contributed by atoms with Gasteiger partial charge in [-0.1, -0.05) is 41.2 Å². The van der Waals surface area contributed by atoms with Crippen LogP contribution < -0.4 is 70.7 Å². The molecule has 4 rings (SSSR count). The van der Waals surface area contributed by atoms with E-state index in [1.807, 2.05) is 13.0 Å². The number of ether oxygens (including phenoxy) is 1. The summed E-state index contributed by atoms with van der Waals surface area (Å²) in [5, 5.41) is 12.0. The summed E-state index contributed by atoms with van der Waals surface area (Å²) in [5.74, 6) is -1.54. The van der Waals surface area contributed by atoms with Gasteiger partial charge in [0.2, 0.25) is 5.88 Å². The zero-order valence-electron chi connectivity index (χ0n) is 19.3. The fraction of sp³-hybridized carbons (Fsp3) is 0.273. The molecule has 186 valence electrons. The van der Waals surface area contributed by atoms with Crippen LogP contribution in [0.1, 0.15) is 24.8 Å². The molecule has 3 aromatic rings. The Labute approximate surface area is 262 Å². The molecule has 0 amide bonds. The summed E-state index contributed by atoms with van der Waals surface area (Å²) in [6.45, 7) is 1.70. The van der Waals surface area contributed by atoms with Crippen molar-refractivity contribution in [2.45, 2.75) is 26.3 Å². The van der Waals surface area contributed by atoms with Gasteiger partial charge in [-0.15, -0.1) is 0 Å². The van der Waals surface area contributed by atoms with Crippen molar-refractivity contribution in [3.05, 3.63) is 57.0 Å². The van der Waals surface area contributed by atoms with E-state index in [1.165, 1.54) is 40.9 Å². The summed E-state index contributed by atoms with van der Waals surface area (Å²) in [4.78, 5) is 13.7. The minimum atomic E-state index is -4.40. The summed E-state index contributed by atoms with van der Waals surface area (Å²) in [6, 6.07) is 5.78. The number of aromatic nitrogens is 1. The van der Waals surface area contributed by atoms with Gasteiger partial charge < -0.3 is 24.1 Å². The third kappa shape index (κ3) is 7.15. The van der Waals surface area contributed by atoms with Crippen LogP contribution in [0.3, 0.4) is 0 Å². The molecule has 2 aromatic heterocycles. The third-order valence-electron chi connectivity index (χ3n) is 5.16. The Hall–Kier alpha value is -0.874. The molecule has 36 heavy (non-hydrogen) atoms. The topological polar surface area (TPSA) is 114 Å². The molecule has 0 aliphatic carbocycles. The Kier molecular flexibility index (Phi) is 10.2. The quantitative estimate of drug-likeness (QED) is 0.198. The van der Waals surface area contributed by atoms with Crippen molar-refractivity contribution in [3.63, 3.8) is 0 Å². The summed E-state index contributed by atoms with van der Waals surface area (Å²) in [6.07, 6.45) is 4.14. The summed E-state index contributed by atoms with van der Waals surface area (Å²) in [5.41, 5.74) is 1.20. The molecule has 0 saturated heterocycles. The number of carbonyl (C=O) groups is 1. The van der Waals surface area contributed by atoms with Crippen LogP contribution in [0.2, 0.25) is 4.34 Å². The van der Waals surface area contributed by atoms with Gasteiger partial charge in [-0.2, -0.15) is 4.57 Å². The molecule has 0 spiro atoms. The molecule has 0 atom stereocenters. The number of fused-ring (bicyclic) bond motifs is 2. The Morgan fingerprint density at radius 1 is 1.31 bits per heavy atom. The predicted octanol–water partition coefficient (Wildman–Crippen LogP) is 0.266. The number of hydrogen-bond acceptors (Lipinski definition) is 9. The van der Waals surface area contributed by atoms with Crippen LogP contribution in [0.15, 0.2) is 41.8 Å². The van der Waals surface area contributed by atoms with E-state index < -0.39 is 27.7 Å². The van der Waals surface area contributed by atoms with Gasteiger partial charge in [0.1, 0.15) is 20.8 Å². The monoisotopic (exact) mass is 596 g/mol. The number of halogens is 2. The van der Waals surface area contributed by atoms with Crippen molar-refractivity contribution < 1.29 is 88.0 Å². The first kappa shape index (κ1) is 29.7.